The van der Waals surface area contributed by atoms with Gasteiger partial charge < -0.3 is 10.4 Å². The van der Waals surface area contributed by atoms with Gasteiger partial charge in [-0.1, -0.05) is 6.92 Å². The average molecular weight is 306 g/mol. The summed E-state index contributed by atoms with van der Waals surface area (Å²) in [5.41, 5.74) is 0. The van der Waals surface area contributed by atoms with Crippen molar-refractivity contribution < 1.29 is 23.1 Å². The zero-order valence-corrected chi connectivity index (χ0v) is 12.6. The molecule has 0 spiro atoms. The van der Waals surface area contributed by atoms with Gasteiger partial charge in [0.05, 0.1) is 12.2 Å². The molecule has 1 heterocycles. The van der Waals surface area contributed by atoms with E-state index in [2.05, 4.69) is 5.32 Å². The highest BCUT2D eigenvalue weighted by Crippen LogP contribution is 2.18. The molecule has 20 heavy (non-hydrogen) atoms. The van der Waals surface area contributed by atoms with Crippen molar-refractivity contribution in [2.75, 3.05) is 25.9 Å². The van der Waals surface area contributed by atoms with Crippen LogP contribution in [0.2, 0.25) is 0 Å². The van der Waals surface area contributed by atoms with Crippen molar-refractivity contribution in [1.82, 2.24) is 9.62 Å². The number of piperidine rings is 1. The number of carboxylic acids is 1. The largest absolute Gasteiger partial charge is 0.481 e. The Labute approximate surface area is 119 Å². The Morgan fingerprint density at radius 3 is 2.65 bits per heavy atom. The summed E-state index contributed by atoms with van der Waals surface area (Å²) in [5.74, 6) is -1.59. The lowest BCUT2D eigenvalue weighted by atomic mass is 9.98. The van der Waals surface area contributed by atoms with E-state index in [9.17, 15) is 18.0 Å². The minimum atomic E-state index is -3.26. The van der Waals surface area contributed by atoms with Crippen LogP contribution in [-0.2, 0) is 19.6 Å². The Hall–Kier alpha value is -1.15. The molecule has 1 rings (SSSR count). The molecule has 0 aromatic rings. The summed E-state index contributed by atoms with van der Waals surface area (Å²) in [5, 5.41) is 11.3. The molecule has 8 heteroatoms. The number of amides is 1. The Balaban J connectivity index is 2.45. The van der Waals surface area contributed by atoms with E-state index >= 15 is 0 Å². The standard InChI is InChI=1S/C12H22N2O5S/c1-9(6-11(15)16)7-13-12(17)10-4-3-5-14(8-10)20(2,18)19/h9-10H,3-8H2,1-2H3,(H,13,17)(H,15,16). The van der Waals surface area contributed by atoms with Crippen LogP contribution in [0, 0.1) is 11.8 Å². The molecule has 1 fully saturated rings. The summed E-state index contributed by atoms with van der Waals surface area (Å²) < 4.78 is 24.3. The fourth-order valence-corrected chi connectivity index (χ4v) is 3.16. The molecule has 0 aliphatic carbocycles. The molecule has 116 valence electrons. The SMILES string of the molecule is CC(CNC(=O)C1CCCN(S(C)(=O)=O)C1)CC(=O)O. The molecule has 0 bridgehead atoms. The topological polar surface area (TPSA) is 104 Å². The predicted octanol–water partition coefficient (Wildman–Crippen LogP) is -0.115. The van der Waals surface area contributed by atoms with E-state index in [0.717, 1.165) is 6.26 Å². The second-order valence-electron chi connectivity index (χ2n) is 5.41. The minimum Gasteiger partial charge on any atom is -0.481 e. The van der Waals surface area contributed by atoms with E-state index in [1.54, 1.807) is 6.92 Å². The number of hydrogen-bond acceptors (Lipinski definition) is 4. The van der Waals surface area contributed by atoms with Gasteiger partial charge in [-0.25, -0.2) is 12.7 Å². The molecule has 2 unspecified atom stereocenters. The predicted molar refractivity (Wildman–Crippen MR) is 73.6 cm³/mol. The van der Waals surface area contributed by atoms with Gasteiger partial charge in [0, 0.05) is 26.1 Å². The normalized spacial score (nSPS) is 22.2. The van der Waals surface area contributed by atoms with E-state index < -0.39 is 16.0 Å². The lowest BCUT2D eigenvalue weighted by Crippen LogP contribution is -2.45. The van der Waals surface area contributed by atoms with E-state index in [1.807, 2.05) is 0 Å². The number of nitrogens with zero attached hydrogens (tertiary/aromatic N) is 1. The highest BCUT2D eigenvalue weighted by Gasteiger charge is 2.30. The fourth-order valence-electron chi connectivity index (χ4n) is 2.25. The van der Waals surface area contributed by atoms with Gasteiger partial charge in [-0.15, -0.1) is 0 Å². The summed E-state index contributed by atoms with van der Waals surface area (Å²) in [4.78, 5) is 22.5. The van der Waals surface area contributed by atoms with Crippen molar-refractivity contribution in [3.63, 3.8) is 0 Å². The van der Waals surface area contributed by atoms with Gasteiger partial charge in [0.2, 0.25) is 15.9 Å². The number of sulfonamides is 1. The molecule has 2 atom stereocenters. The van der Waals surface area contributed by atoms with Crippen LogP contribution < -0.4 is 5.32 Å². The second kappa shape index (κ2) is 7.03. The van der Waals surface area contributed by atoms with Crippen molar-refractivity contribution in [1.29, 1.82) is 0 Å². The lowest BCUT2D eigenvalue weighted by Gasteiger charge is -2.30. The number of carboxylic acid groups (broad SMARTS) is 1. The molecule has 0 saturated carbocycles. The first-order chi connectivity index (χ1) is 9.20. The highest BCUT2D eigenvalue weighted by molar-refractivity contribution is 7.88. The Bertz CT molecular complexity index is 462. The van der Waals surface area contributed by atoms with Gasteiger partial charge in [0.15, 0.2) is 0 Å². The molecular formula is C12H22N2O5S. The summed E-state index contributed by atoms with van der Waals surface area (Å²) in [6.07, 6.45) is 2.46. The summed E-state index contributed by atoms with van der Waals surface area (Å²) in [6, 6.07) is 0. The van der Waals surface area contributed by atoms with E-state index in [4.69, 9.17) is 5.11 Å². The molecule has 0 aromatic heterocycles. The maximum Gasteiger partial charge on any atom is 0.303 e. The van der Waals surface area contributed by atoms with Crippen molar-refractivity contribution >= 4 is 21.9 Å². The van der Waals surface area contributed by atoms with Crippen LogP contribution in [0.25, 0.3) is 0 Å². The molecule has 1 aliphatic rings. The van der Waals surface area contributed by atoms with Crippen molar-refractivity contribution in [2.24, 2.45) is 11.8 Å². The molecule has 0 radical (unpaired) electrons. The van der Waals surface area contributed by atoms with E-state index in [-0.39, 0.29) is 30.7 Å². The molecule has 2 N–H and O–H groups in total. The first-order valence-electron chi connectivity index (χ1n) is 6.64. The van der Waals surface area contributed by atoms with Gasteiger partial charge in [0.25, 0.3) is 0 Å². The van der Waals surface area contributed by atoms with Gasteiger partial charge in [-0.05, 0) is 18.8 Å². The third-order valence-electron chi connectivity index (χ3n) is 3.37. The Morgan fingerprint density at radius 1 is 1.45 bits per heavy atom. The summed E-state index contributed by atoms with van der Waals surface area (Å²) in [6.45, 7) is 2.70. The molecule has 1 amide bonds. The van der Waals surface area contributed by atoms with Crippen LogP contribution in [0.3, 0.4) is 0 Å². The van der Waals surface area contributed by atoms with Crippen LogP contribution in [0.15, 0.2) is 0 Å². The van der Waals surface area contributed by atoms with Gasteiger partial charge in [-0.2, -0.15) is 0 Å². The Kier molecular flexibility index (Phi) is 5.94. The van der Waals surface area contributed by atoms with Gasteiger partial charge in [0.1, 0.15) is 0 Å². The monoisotopic (exact) mass is 306 g/mol. The highest BCUT2D eigenvalue weighted by atomic mass is 32.2. The number of carbonyl (C=O) groups excluding carboxylic acids is 1. The smallest absolute Gasteiger partial charge is 0.303 e. The fraction of sp³-hybridized carbons (Fsp3) is 0.833. The molecule has 7 nitrogen and oxygen atoms in total. The van der Waals surface area contributed by atoms with Crippen LogP contribution in [-0.4, -0.2) is 55.6 Å². The lowest BCUT2D eigenvalue weighted by molar-refractivity contribution is -0.138. The number of nitrogens with one attached hydrogen (secondary N) is 1. The van der Waals surface area contributed by atoms with Crippen LogP contribution in [0.1, 0.15) is 26.2 Å². The maximum absolute atomic E-state index is 12.0. The first-order valence-corrected chi connectivity index (χ1v) is 8.49. The third kappa shape index (κ3) is 5.46. The third-order valence-corrected chi connectivity index (χ3v) is 4.64. The summed E-state index contributed by atoms with van der Waals surface area (Å²) in [7, 11) is -3.26. The number of aliphatic carboxylic acids is 1. The molecular weight excluding hydrogens is 284 g/mol. The quantitative estimate of drug-likeness (QED) is 0.712. The second-order valence-corrected chi connectivity index (χ2v) is 7.39. The van der Waals surface area contributed by atoms with Gasteiger partial charge in [-0.3, -0.25) is 9.59 Å². The van der Waals surface area contributed by atoms with E-state index in [0.29, 0.717) is 25.9 Å². The number of carbonyl (C=O) groups is 2. The molecule has 0 aromatic carbocycles. The number of rotatable bonds is 6. The minimum absolute atomic E-state index is 0.000408. The van der Waals surface area contributed by atoms with Gasteiger partial charge >= 0.3 is 5.97 Å². The Morgan fingerprint density at radius 2 is 2.10 bits per heavy atom. The van der Waals surface area contributed by atoms with Crippen molar-refractivity contribution in [2.45, 2.75) is 26.2 Å². The molecule has 1 aliphatic heterocycles. The van der Waals surface area contributed by atoms with Crippen LogP contribution in [0.4, 0.5) is 0 Å². The first kappa shape index (κ1) is 16.9. The van der Waals surface area contributed by atoms with Crippen molar-refractivity contribution in [3.05, 3.63) is 0 Å². The molecule has 1 saturated heterocycles. The van der Waals surface area contributed by atoms with Crippen molar-refractivity contribution in [3.8, 4) is 0 Å². The summed E-state index contributed by atoms with van der Waals surface area (Å²) >= 11 is 0. The van der Waals surface area contributed by atoms with Crippen LogP contribution in [0.5, 0.6) is 0 Å². The number of hydrogen-bond donors (Lipinski definition) is 2. The maximum atomic E-state index is 12.0. The zero-order valence-electron chi connectivity index (χ0n) is 11.8. The zero-order chi connectivity index (χ0) is 15.3. The van der Waals surface area contributed by atoms with Crippen LogP contribution >= 0.6 is 0 Å². The average Bonchev–Trinajstić information content (AvgIpc) is 2.34. The van der Waals surface area contributed by atoms with E-state index in [1.165, 1.54) is 4.31 Å².